The third kappa shape index (κ3) is 4.33. The number of rotatable bonds is 4. The van der Waals surface area contributed by atoms with Gasteiger partial charge in [-0.25, -0.2) is 9.37 Å². The van der Waals surface area contributed by atoms with Crippen molar-refractivity contribution >= 4 is 27.5 Å². The molecule has 1 heterocycles. The number of alkyl halides is 3. The fourth-order valence-electron chi connectivity index (χ4n) is 1.72. The average Bonchev–Trinajstić information content (AvgIpc) is 2.46. The lowest BCUT2D eigenvalue weighted by Crippen LogP contribution is -2.12. The van der Waals surface area contributed by atoms with Crippen molar-refractivity contribution in [2.24, 2.45) is 0 Å². The van der Waals surface area contributed by atoms with E-state index in [1.165, 1.54) is 12.1 Å². The zero-order valence-corrected chi connectivity index (χ0v) is 13.6. The summed E-state index contributed by atoms with van der Waals surface area (Å²) in [5.74, 6) is -1.44. The number of benzene rings is 1. The number of ether oxygens (including phenoxy) is 1. The standard InChI is InChI=1S/C14H9BrClF4NO2/c15-10-4-9(14(18,19)20)13(21-12(10)5-22)23-6-7-1-2-8(16)3-11(7)17/h1-4,22H,5-6H2. The van der Waals surface area contributed by atoms with E-state index in [1.54, 1.807) is 0 Å². The van der Waals surface area contributed by atoms with Gasteiger partial charge >= 0.3 is 6.18 Å². The largest absolute Gasteiger partial charge is 0.472 e. The maximum atomic E-state index is 13.6. The first-order valence-electron chi connectivity index (χ1n) is 6.16. The van der Waals surface area contributed by atoms with Crippen LogP contribution in [-0.4, -0.2) is 10.1 Å². The van der Waals surface area contributed by atoms with Gasteiger partial charge in [-0.3, -0.25) is 0 Å². The predicted molar refractivity (Wildman–Crippen MR) is 78.6 cm³/mol. The normalized spacial score (nSPS) is 11.6. The molecule has 0 aliphatic carbocycles. The van der Waals surface area contributed by atoms with Gasteiger partial charge in [0.2, 0.25) is 5.88 Å². The minimum absolute atomic E-state index is 0.00246. The molecule has 23 heavy (non-hydrogen) atoms. The molecule has 1 N–H and O–H groups in total. The Labute approximate surface area is 142 Å². The lowest BCUT2D eigenvalue weighted by Gasteiger charge is -2.15. The predicted octanol–water partition coefficient (Wildman–Crippen LogP) is 4.73. The molecule has 2 aromatic rings. The molecule has 1 aromatic carbocycles. The van der Waals surface area contributed by atoms with Gasteiger partial charge < -0.3 is 9.84 Å². The smallest absolute Gasteiger partial charge is 0.421 e. The third-order valence-electron chi connectivity index (χ3n) is 2.85. The second-order valence-electron chi connectivity index (χ2n) is 4.45. The molecule has 0 atom stereocenters. The molecule has 0 amide bonds. The topological polar surface area (TPSA) is 42.4 Å². The molecule has 0 unspecified atom stereocenters. The highest BCUT2D eigenvalue weighted by molar-refractivity contribution is 9.10. The quantitative estimate of drug-likeness (QED) is 0.736. The second kappa shape index (κ2) is 7.02. The summed E-state index contributed by atoms with van der Waals surface area (Å²) < 4.78 is 57.7. The van der Waals surface area contributed by atoms with Crippen molar-refractivity contribution in [3.63, 3.8) is 0 Å². The van der Waals surface area contributed by atoms with Crippen LogP contribution in [0.3, 0.4) is 0 Å². The van der Waals surface area contributed by atoms with E-state index in [-0.39, 0.29) is 20.8 Å². The van der Waals surface area contributed by atoms with Crippen molar-refractivity contribution in [3.8, 4) is 5.88 Å². The number of aromatic nitrogens is 1. The van der Waals surface area contributed by atoms with Crippen LogP contribution in [0.4, 0.5) is 17.6 Å². The zero-order valence-electron chi connectivity index (χ0n) is 11.3. The molecule has 0 bridgehead atoms. The van der Waals surface area contributed by atoms with E-state index >= 15 is 0 Å². The molecule has 3 nitrogen and oxygen atoms in total. The molecular formula is C14H9BrClF4NO2. The number of aliphatic hydroxyl groups is 1. The van der Waals surface area contributed by atoms with Crippen molar-refractivity contribution in [1.82, 2.24) is 4.98 Å². The van der Waals surface area contributed by atoms with Crippen LogP contribution in [0.1, 0.15) is 16.8 Å². The molecule has 0 saturated heterocycles. The summed E-state index contributed by atoms with van der Waals surface area (Å²) in [4.78, 5) is 3.63. The van der Waals surface area contributed by atoms with E-state index in [0.29, 0.717) is 0 Å². The lowest BCUT2D eigenvalue weighted by molar-refractivity contribution is -0.139. The molecule has 0 saturated carbocycles. The third-order valence-corrected chi connectivity index (χ3v) is 3.77. The SMILES string of the molecule is OCc1nc(OCc2ccc(Cl)cc2F)c(C(F)(F)F)cc1Br. The van der Waals surface area contributed by atoms with Crippen LogP contribution < -0.4 is 4.74 Å². The Hall–Kier alpha value is -1.38. The number of pyridine rings is 1. The van der Waals surface area contributed by atoms with Crippen LogP contribution in [0, 0.1) is 5.82 Å². The first-order valence-corrected chi connectivity index (χ1v) is 7.33. The fourth-order valence-corrected chi connectivity index (χ4v) is 2.32. The number of hydrogen-bond acceptors (Lipinski definition) is 3. The Morgan fingerprint density at radius 2 is 1.96 bits per heavy atom. The highest BCUT2D eigenvalue weighted by Gasteiger charge is 2.36. The van der Waals surface area contributed by atoms with Crippen LogP contribution in [0.5, 0.6) is 5.88 Å². The van der Waals surface area contributed by atoms with E-state index in [9.17, 15) is 17.6 Å². The summed E-state index contributed by atoms with van der Waals surface area (Å²) in [7, 11) is 0. The monoisotopic (exact) mass is 413 g/mol. The number of halogens is 6. The molecular weight excluding hydrogens is 406 g/mol. The van der Waals surface area contributed by atoms with Crippen molar-refractivity contribution < 1.29 is 27.4 Å². The van der Waals surface area contributed by atoms with Gasteiger partial charge in [0.1, 0.15) is 18.0 Å². The van der Waals surface area contributed by atoms with Gasteiger partial charge in [-0.1, -0.05) is 17.7 Å². The molecule has 2 rings (SSSR count). The highest BCUT2D eigenvalue weighted by atomic mass is 79.9. The van der Waals surface area contributed by atoms with Gasteiger partial charge in [0.05, 0.1) is 12.3 Å². The van der Waals surface area contributed by atoms with Crippen LogP contribution in [0.15, 0.2) is 28.7 Å². The van der Waals surface area contributed by atoms with E-state index in [4.69, 9.17) is 21.4 Å². The minimum atomic E-state index is -4.71. The summed E-state index contributed by atoms with van der Waals surface area (Å²) >= 11 is 8.50. The fraction of sp³-hybridized carbons (Fsp3) is 0.214. The van der Waals surface area contributed by atoms with Crippen molar-refractivity contribution in [1.29, 1.82) is 0 Å². The maximum absolute atomic E-state index is 13.6. The number of hydrogen-bond donors (Lipinski definition) is 1. The second-order valence-corrected chi connectivity index (χ2v) is 5.74. The minimum Gasteiger partial charge on any atom is -0.472 e. The summed E-state index contributed by atoms with van der Waals surface area (Å²) in [6.45, 7) is -1.05. The van der Waals surface area contributed by atoms with Gasteiger partial charge in [-0.15, -0.1) is 0 Å². The Morgan fingerprint density at radius 3 is 2.52 bits per heavy atom. The zero-order chi connectivity index (χ0) is 17.2. The van der Waals surface area contributed by atoms with Crippen LogP contribution in [-0.2, 0) is 19.4 Å². The first-order chi connectivity index (χ1) is 10.7. The maximum Gasteiger partial charge on any atom is 0.421 e. The summed E-state index contributed by atoms with van der Waals surface area (Å²) in [6.07, 6.45) is -4.71. The molecule has 0 fully saturated rings. The van der Waals surface area contributed by atoms with Crippen LogP contribution >= 0.6 is 27.5 Å². The van der Waals surface area contributed by atoms with Gasteiger partial charge in [0.15, 0.2) is 0 Å². The molecule has 0 radical (unpaired) electrons. The summed E-state index contributed by atoms with van der Waals surface area (Å²) in [5, 5.41) is 9.25. The Balaban J connectivity index is 2.34. The molecule has 124 valence electrons. The van der Waals surface area contributed by atoms with E-state index in [0.717, 1.165) is 12.1 Å². The van der Waals surface area contributed by atoms with Crippen LogP contribution in [0.2, 0.25) is 5.02 Å². The molecule has 0 aliphatic rings. The van der Waals surface area contributed by atoms with Crippen molar-refractivity contribution in [2.75, 3.05) is 0 Å². The van der Waals surface area contributed by atoms with E-state index in [1.807, 2.05) is 0 Å². The van der Waals surface area contributed by atoms with Crippen LogP contribution in [0.25, 0.3) is 0 Å². The molecule has 9 heteroatoms. The van der Waals surface area contributed by atoms with Gasteiger partial charge in [0.25, 0.3) is 0 Å². The Kier molecular flexibility index (Phi) is 5.49. The Morgan fingerprint density at radius 1 is 1.26 bits per heavy atom. The molecule has 0 aliphatic heterocycles. The van der Waals surface area contributed by atoms with E-state index < -0.39 is 36.7 Å². The van der Waals surface area contributed by atoms with Crippen molar-refractivity contribution in [3.05, 3.63) is 56.4 Å². The number of nitrogens with zero attached hydrogens (tertiary/aromatic N) is 1. The summed E-state index contributed by atoms with van der Waals surface area (Å²) in [5.41, 5.74) is -1.13. The number of aliphatic hydroxyl groups excluding tert-OH is 1. The lowest BCUT2D eigenvalue weighted by atomic mass is 10.2. The average molecular weight is 415 g/mol. The van der Waals surface area contributed by atoms with E-state index in [2.05, 4.69) is 20.9 Å². The van der Waals surface area contributed by atoms with Gasteiger partial charge in [-0.2, -0.15) is 13.2 Å². The van der Waals surface area contributed by atoms with Gasteiger partial charge in [0, 0.05) is 15.1 Å². The van der Waals surface area contributed by atoms with Gasteiger partial charge in [-0.05, 0) is 34.1 Å². The molecule has 0 spiro atoms. The molecule has 1 aromatic heterocycles. The van der Waals surface area contributed by atoms with Crippen molar-refractivity contribution in [2.45, 2.75) is 19.4 Å². The first kappa shape index (κ1) is 18.0. The summed E-state index contributed by atoms with van der Waals surface area (Å²) in [6, 6.07) is 4.48. The highest BCUT2D eigenvalue weighted by Crippen LogP contribution is 2.38. The Bertz CT molecular complexity index is 725.